The number of carbonyl (C=O) groups excluding carboxylic acids is 1. The van der Waals surface area contributed by atoms with Crippen LogP contribution in [0, 0.1) is 6.92 Å². The first-order chi connectivity index (χ1) is 12.0. The number of carboxylic acid groups (broad SMARTS) is 1. The minimum absolute atomic E-state index is 0.0184. The van der Waals surface area contributed by atoms with E-state index in [1.807, 2.05) is 28.6 Å². The summed E-state index contributed by atoms with van der Waals surface area (Å²) < 4.78 is 1.86. The van der Waals surface area contributed by atoms with Gasteiger partial charge in [0.05, 0.1) is 17.3 Å². The second kappa shape index (κ2) is 7.09. The normalized spacial score (nSPS) is 17.0. The lowest BCUT2D eigenvalue weighted by Crippen LogP contribution is -2.29. The predicted octanol–water partition coefficient (Wildman–Crippen LogP) is 2.93. The number of amides is 1. The number of aromatic carboxylic acids is 1. The van der Waals surface area contributed by atoms with Gasteiger partial charge in [-0.15, -0.1) is 0 Å². The molecule has 0 bridgehead atoms. The van der Waals surface area contributed by atoms with Crippen LogP contribution in [-0.4, -0.2) is 44.8 Å². The molecule has 1 saturated heterocycles. The molecule has 1 aromatic carbocycles. The Kier molecular flexibility index (Phi) is 4.88. The first kappa shape index (κ1) is 17.2. The van der Waals surface area contributed by atoms with E-state index < -0.39 is 5.97 Å². The second-order valence-corrected chi connectivity index (χ2v) is 6.50. The summed E-state index contributed by atoms with van der Waals surface area (Å²) in [7, 11) is 0. The monoisotopic (exact) mass is 341 g/mol. The van der Waals surface area contributed by atoms with E-state index in [0.29, 0.717) is 24.2 Å². The Balaban J connectivity index is 1.77. The Hall–Kier alpha value is -2.63. The largest absolute Gasteiger partial charge is 0.478 e. The zero-order valence-electron chi connectivity index (χ0n) is 14.6. The molecule has 0 saturated carbocycles. The molecule has 1 atom stereocenters. The van der Waals surface area contributed by atoms with Crippen LogP contribution in [0.3, 0.4) is 0 Å². The third kappa shape index (κ3) is 3.29. The molecule has 25 heavy (non-hydrogen) atoms. The Labute approximate surface area is 147 Å². The number of nitrogens with zero attached hydrogens (tertiary/aromatic N) is 3. The number of hydrogen-bond donors (Lipinski definition) is 1. The van der Waals surface area contributed by atoms with E-state index in [9.17, 15) is 14.7 Å². The Morgan fingerprint density at radius 3 is 2.76 bits per heavy atom. The fourth-order valence-corrected chi connectivity index (χ4v) is 3.51. The molecule has 0 unspecified atom stereocenters. The van der Waals surface area contributed by atoms with Gasteiger partial charge in [-0.2, -0.15) is 5.10 Å². The van der Waals surface area contributed by atoms with Gasteiger partial charge in [-0.1, -0.05) is 25.1 Å². The van der Waals surface area contributed by atoms with Crippen LogP contribution in [0.15, 0.2) is 30.5 Å². The number of aromatic nitrogens is 2. The molecule has 2 aromatic rings. The average Bonchev–Trinajstić information content (AvgIpc) is 3.23. The number of benzene rings is 1. The van der Waals surface area contributed by atoms with E-state index >= 15 is 0 Å². The smallest absolute Gasteiger partial charge is 0.335 e. The van der Waals surface area contributed by atoms with Crippen molar-refractivity contribution in [2.24, 2.45) is 0 Å². The maximum absolute atomic E-state index is 12.8. The lowest BCUT2D eigenvalue weighted by Gasteiger charge is -2.17. The van der Waals surface area contributed by atoms with Crippen molar-refractivity contribution >= 4 is 11.9 Å². The van der Waals surface area contributed by atoms with Crippen LogP contribution in [0.5, 0.6) is 0 Å². The van der Waals surface area contributed by atoms with Crippen molar-refractivity contribution in [3.63, 3.8) is 0 Å². The SMILES string of the molecule is CCCn1ncc(C(=O)N2CC[C@@H](c3ccccc3C(=O)O)C2)c1C. The first-order valence-corrected chi connectivity index (χ1v) is 8.66. The van der Waals surface area contributed by atoms with Crippen molar-refractivity contribution in [2.45, 2.75) is 39.2 Å². The van der Waals surface area contributed by atoms with E-state index in [2.05, 4.69) is 12.0 Å². The number of likely N-dealkylation sites (tertiary alicyclic amines) is 1. The number of carbonyl (C=O) groups is 2. The van der Waals surface area contributed by atoms with Crippen LogP contribution in [0.2, 0.25) is 0 Å². The highest BCUT2D eigenvalue weighted by Crippen LogP contribution is 2.30. The van der Waals surface area contributed by atoms with E-state index in [4.69, 9.17) is 0 Å². The van der Waals surface area contributed by atoms with Gasteiger partial charge >= 0.3 is 5.97 Å². The second-order valence-electron chi connectivity index (χ2n) is 6.50. The van der Waals surface area contributed by atoms with Gasteiger partial charge in [0, 0.05) is 31.2 Å². The average molecular weight is 341 g/mol. The van der Waals surface area contributed by atoms with Crippen LogP contribution in [-0.2, 0) is 6.54 Å². The minimum Gasteiger partial charge on any atom is -0.478 e. The van der Waals surface area contributed by atoms with Crippen LogP contribution >= 0.6 is 0 Å². The Bertz CT molecular complexity index is 797. The molecular weight excluding hydrogens is 318 g/mol. The summed E-state index contributed by atoms with van der Waals surface area (Å²) in [6.45, 7) is 5.97. The molecule has 1 amide bonds. The molecule has 2 heterocycles. The summed E-state index contributed by atoms with van der Waals surface area (Å²) in [4.78, 5) is 26.1. The molecule has 6 heteroatoms. The van der Waals surface area contributed by atoms with Gasteiger partial charge in [0.15, 0.2) is 0 Å². The maximum atomic E-state index is 12.8. The molecule has 1 fully saturated rings. The fourth-order valence-electron chi connectivity index (χ4n) is 3.51. The summed E-state index contributed by atoms with van der Waals surface area (Å²) >= 11 is 0. The van der Waals surface area contributed by atoms with Crippen molar-refractivity contribution in [2.75, 3.05) is 13.1 Å². The zero-order valence-corrected chi connectivity index (χ0v) is 14.6. The summed E-state index contributed by atoms with van der Waals surface area (Å²) in [5.74, 6) is -0.880. The van der Waals surface area contributed by atoms with Crippen molar-refractivity contribution in [3.8, 4) is 0 Å². The van der Waals surface area contributed by atoms with Gasteiger partial charge < -0.3 is 10.0 Å². The van der Waals surface area contributed by atoms with Crippen LogP contribution in [0.4, 0.5) is 0 Å². The summed E-state index contributed by atoms with van der Waals surface area (Å²) in [5, 5.41) is 13.7. The van der Waals surface area contributed by atoms with Gasteiger partial charge in [-0.3, -0.25) is 9.48 Å². The molecule has 1 aliphatic heterocycles. The highest BCUT2D eigenvalue weighted by atomic mass is 16.4. The van der Waals surface area contributed by atoms with Crippen molar-refractivity contribution < 1.29 is 14.7 Å². The van der Waals surface area contributed by atoms with Gasteiger partial charge in [0.1, 0.15) is 0 Å². The van der Waals surface area contributed by atoms with Crippen molar-refractivity contribution in [1.29, 1.82) is 0 Å². The van der Waals surface area contributed by atoms with Crippen LogP contribution in [0.1, 0.15) is 57.7 Å². The summed E-state index contributed by atoms with van der Waals surface area (Å²) in [5.41, 5.74) is 2.67. The third-order valence-corrected chi connectivity index (χ3v) is 4.88. The van der Waals surface area contributed by atoms with Gasteiger partial charge in [-0.05, 0) is 31.4 Å². The van der Waals surface area contributed by atoms with Crippen LogP contribution in [0.25, 0.3) is 0 Å². The molecule has 0 spiro atoms. The summed E-state index contributed by atoms with van der Waals surface area (Å²) in [6, 6.07) is 7.06. The molecule has 1 aromatic heterocycles. The number of hydrogen-bond acceptors (Lipinski definition) is 3. The van der Waals surface area contributed by atoms with Gasteiger partial charge in [0.2, 0.25) is 0 Å². The third-order valence-electron chi connectivity index (χ3n) is 4.88. The van der Waals surface area contributed by atoms with Crippen molar-refractivity contribution in [3.05, 3.63) is 52.8 Å². The Morgan fingerprint density at radius 1 is 1.28 bits per heavy atom. The quantitative estimate of drug-likeness (QED) is 0.907. The lowest BCUT2D eigenvalue weighted by atomic mass is 9.93. The number of carboxylic acids is 1. The number of rotatable bonds is 5. The number of aryl methyl sites for hydroxylation is 1. The lowest BCUT2D eigenvalue weighted by molar-refractivity contribution is 0.0695. The summed E-state index contributed by atoms with van der Waals surface area (Å²) in [6.07, 6.45) is 3.39. The maximum Gasteiger partial charge on any atom is 0.335 e. The van der Waals surface area contributed by atoms with E-state index in [1.165, 1.54) is 0 Å². The topological polar surface area (TPSA) is 75.4 Å². The van der Waals surface area contributed by atoms with Crippen molar-refractivity contribution in [1.82, 2.24) is 14.7 Å². The minimum atomic E-state index is -0.919. The molecule has 3 rings (SSSR count). The van der Waals surface area contributed by atoms with E-state index in [1.54, 1.807) is 18.3 Å². The molecule has 132 valence electrons. The van der Waals surface area contributed by atoms with Gasteiger partial charge in [-0.25, -0.2) is 4.79 Å². The fraction of sp³-hybridized carbons (Fsp3) is 0.421. The first-order valence-electron chi connectivity index (χ1n) is 8.66. The molecule has 1 N–H and O–H groups in total. The molecule has 6 nitrogen and oxygen atoms in total. The zero-order chi connectivity index (χ0) is 18.0. The molecule has 1 aliphatic rings. The molecule has 0 radical (unpaired) electrons. The molecular formula is C19H23N3O3. The van der Waals surface area contributed by atoms with E-state index in [0.717, 1.165) is 30.6 Å². The molecule has 0 aliphatic carbocycles. The van der Waals surface area contributed by atoms with Crippen LogP contribution < -0.4 is 0 Å². The standard InChI is InChI=1S/C19H23N3O3/c1-3-9-22-13(2)17(11-20-22)18(23)21-10-8-14(12-21)15-6-4-5-7-16(15)19(24)25/h4-7,11,14H,3,8-10,12H2,1-2H3,(H,24,25)/t14-/m1/s1. The van der Waals surface area contributed by atoms with Gasteiger partial charge in [0.25, 0.3) is 5.91 Å². The Morgan fingerprint density at radius 2 is 2.04 bits per heavy atom. The predicted molar refractivity (Wildman–Crippen MR) is 93.9 cm³/mol. The highest BCUT2D eigenvalue weighted by Gasteiger charge is 2.31. The van der Waals surface area contributed by atoms with E-state index in [-0.39, 0.29) is 11.8 Å². The highest BCUT2D eigenvalue weighted by molar-refractivity contribution is 5.95.